The highest BCUT2D eigenvalue weighted by Gasteiger charge is 2.18. The molecule has 0 spiro atoms. The Morgan fingerprint density at radius 1 is 1.05 bits per heavy atom. The summed E-state index contributed by atoms with van der Waals surface area (Å²) in [5, 5.41) is 21.1. The average Bonchev–Trinajstić information content (AvgIpc) is 3.52. The molecule has 0 radical (unpaired) electrons. The number of rotatable bonds is 7. The molecule has 6 aromatic rings. The van der Waals surface area contributed by atoms with E-state index in [4.69, 9.17) is 4.98 Å². The molecule has 1 aromatic carbocycles. The molecule has 5 aromatic heterocycles. The van der Waals surface area contributed by atoms with Gasteiger partial charge in [0.2, 0.25) is 0 Å². The first-order chi connectivity index (χ1) is 18.1. The lowest BCUT2D eigenvalue weighted by atomic mass is 10.0. The van der Waals surface area contributed by atoms with Crippen molar-refractivity contribution in [1.82, 2.24) is 35.1 Å². The number of aromatic nitrogens is 7. The van der Waals surface area contributed by atoms with Crippen LogP contribution in [-0.4, -0.2) is 46.5 Å². The van der Waals surface area contributed by atoms with Crippen LogP contribution in [0, 0.1) is 5.82 Å². The Labute approximate surface area is 210 Å². The molecule has 0 aliphatic heterocycles. The molecule has 0 bridgehead atoms. The van der Waals surface area contributed by atoms with Crippen LogP contribution in [0.15, 0.2) is 67.3 Å². The molecule has 1 atom stereocenters. The highest BCUT2D eigenvalue weighted by Crippen LogP contribution is 2.34. The van der Waals surface area contributed by atoms with Crippen molar-refractivity contribution < 1.29 is 9.50 Å². The first-order valence-electron chi connectivity index (χ1n) is 11.9. The van der Waals surface area contributed by atoms with Crippen LogP contribution in [0.2, 0.25) is 0 Å². The molecule has 1 unspecified atom stereocenters. The van der Waals surface area contributed by atoms with E-state index < -0.39 is 12.0 Å². The van der Waals surface area contributed by atoms with Gasteiger partial charge in [0, 0.05) is 46.7 Å². The number of hydrogen-bond donors (Lipinski definition) is 4. The largest absolute Gasteiger partial charge is 0.374 e. The van der Waals surface area contributed by atoms with Crippen molar-refractivity contribution in [3.05, 3.63) is 73.1 Å². The van der Waals surface area contributed by atoms with Gasteiger partial charge in [0.1, 0.15) is 23.3 Å². The first-order valence-corrected chi connectivity index (χ1v) is 11.9. The number of halogens is 1. The maximum atomic E-state index is 15.2. The number of pyridine rings is 3. The third-order valence-corrected chi connectivity index (χ3v) is 6.14. The van der Waals surface area contributed by atoms with E-state index in [-0.39, 0.29) is 0 Å². The van der Waals surface area contributed by atoms with Gasteiger partial charge in [-0.15, -0.1) is 0 Å². The molecule has 0 aliphatic rings. The van der Waals surface area contributed by atoms with E-state index in [0.717, 1.165) is 17.7 Å². The topological polar surface area (TPSA) is 128 Å². The number of H-pyrrole nitrogens is 2. The number of imidazole rings is 1. The number of hydrogen-bond acceptors (Lipinski definition) is 7. The van der Waals surface area contributed by atoms with Gasteiger partial charge in [-0.05, 0) is 36.8 Å². The number of nitrogens with zero attached hydrogens (tertiary/aromatic N) is 5. The Balaban J connectivity index is 1.43. The number of fused-ring (bicyclic) bond motifs is 2. The van der Waals surface area contributed by atoms with Crippen LogP contribution in [0.3, 0.4) is 0 Å². The smallest absolute Gasteiger partial charge is 0.160 e. The minimum Gasteiger partial charge on any atom is -0.374 e. The fraction of sp³-hybridized carbons (Fsp3) is 0.148. The minimum absolute atomic E-state index is 0.361. The van der Waals surface area contributed by atoms with Crippen LogP contribution in [0.4, 0.5) is 10.1 Å². The monoisotopic (exact) mass is 494 g/mol. The summed E-state index contributed by atoms with van der Waals surface area (Å²) in [6, 6.07) is 12.5. The van der Waals surface area contributed by atoms with Crippen LogP contribution < -0.4 is 5.32 Å². The minimum atomic E-state index is -0.701. The highest BCUT2D eigenvalue weighted by molar-refractivity contribution is 5.97. The molecular weight excluding hydrogens is 471 g/mol. The zero-order valence-corrected chi connectivity index (χ0v) is 19.9. The quantitative estimate of drug-likeness (QED) is 0.222. The van der Waals surface area contributed by atoms with Gasteiger partial charge in [-0.25, -0.2) is 14.4 Å². The van der Waals surface area contributed by atoms with Crippen molar-refractivity contribution in [1.29, 1.82) is 0 Å². The normalized spacial score (nSPS) is 12.3. The molecule has 4 N–H and O–H groups in total. The van der Waals surface area contributed by atoms with E-state index in [1.165, 1.54) is 6.07 Å². The summed E-state index contributed by atoms with van der Waals surface area (Å²) in [4.78, 5) is 21.1. The van der Waals surface area contributed by atoms with Gasteiger partial charge < -0.3 is 15.4 Å². The Hall–Kier alpha value is -4.70. The molecule has 9 nitrogen and oxygen atoms in total. The molecule has 5 heterocycles. The van der Waals surface area contributed by atoms with Gasteiger partial charge in [-0.1, -0.05) is 19.4 Å². The maximum absolute atomic E-state index is 15.2. The van der Waals surface area contributed by atoms with Crippen LogP contribution in [0.1, 0.15) is 19.8 Å². The van der Waals surface area contributed by atoms with Gasteiger partial charge in [0.25, 0.3) is 0 Å². The molecule has 184 valence electrons. The van der Waals surface area contributed by atoms with Gasteiger partial charge in [-0.3, -0.25) is 15.1 Å². The molecule has 0 aliphatic carbocycles. The number of benzene rings is 1. The summed E-state index contributed by atoms with van der Waals surface area (Å²) in [5.74, 6) is 0.0883. The summed E-state index contributed by atoms with van der Waals surface area (Å²) in [7, 11) is 0. The van der Waals surface area contributed by atoms with Crippen LogP contribution in [-0.2, 0) is 0 Å². The third kappa shape index (κ3) is 4.27. The predicted octanol–water partition coefficient (Wildman–Crippen LogP) is 5.29. The zero-order chi connectivity index (χ0) is 25.4. The molecule has 6 rings (SSSR count). The van der Waals surface area contributed by atoms with E-state index in [2.05, 4.69) is 35.5 Å². The molecule has 0 saturated carbocycles. The van der Waals surface area contributed by atoms with Gasteiger partial charge >= 0.3 is 0 Å². The highest BCUT2D eigenvalue weighted by atomic mass is 19.1. The Morgan fingerprint density at radius 2 is 1.97 bits per heavy atom. The summed E-state index contributed by atoms with van der Waals surface area (Å²) in [6.45, 7) is 1.99. The second-order valence-electron chi connectivity index (χ2n) is 8.72. The first kappa shape index (κ1) is 22.7. The van der Waals surface area contributed by atoms with E-state index in [1.807, 2.05) is 31.2 Å². The Morgan fingerprint density at radius 3 is 2.81 bits per heavy atom. The van der Waals surface area contributed by atoms with Gasteiger partial charge in [-0.2, -0.15) is 5.10 Å². The summed E-state index contributed by atoms with van der Waals surface area (Å²) in [5.41, 5.74) is 5.53. The fourth-order valence-corrected chi connectivity index (χ4v) is 4.40. The van der Waals surface area contributed by atoms with Crippen molar-refractivity contribution in [2.75, 3.05) is 5.32 Å². The number of aliphatic hydroxyl groups excluding tert-OH is 1. The SMILES string of the molecule is CCCC(O)Nc1cncc(-c2cc3c(-c4nc5c(-c6ccccn6)ccnc5[nH]4)n[nH]c3cc2F)c1. The van der Waals surface area contributed by atoms with Crippen molar-refractivity contribution in [3.8, 4) is 33.9 Å². The van der Waals surface area contributed by atoms with Crippen molar-refractivity contribution in [3.63, 3.8) is 0 Å². The molecule has 37 heavy (non-hydrogen) atoms. The fourth-order valence-electron chi connectivity index (χ4n) is 4.40. The van der Waals surface area contributed by atoms with E-state index in [0.29, 0.717) is 56.8 Å². The molecule has 0 fully saturated rings. The Bertz CT molecular complexity index is 1710. The number of aliphatic hydroxyl groups is 1. The van der Waals surface area contributed by atoms with Crippen LogP contribution in [0.25, 0.3) is 56.0 Å². The standard InChI is InChI=1S/C27H23FN8O/c1-2-5-23(37)32-16-10-15(13-29-14-16)18-11-19-22(12-20(18)28)35-36-25(19)27-33-24-17(7-9-31-26(24)34-27)21-6-3-4-8-30-21/h3-4,6-14,23,32,37H,2,5H2,1H3,(H,35,36)(H,31,33,34). The summed E-state index contributed by atoms with van der Waals surface area (Å²) < 4.78 is 15.2. The molecule has 10 heteroatoms. The second kappa shape index (κ2) is 9.40. The Kier molecular flexibility index (Phi) is 5.78. The molecule has 0 saturated heterocycles. The van der Waals surface area contributed by atoms with Crippen LogP contribution in [0.5, 0.6) is 0 Å². The third-order valence-electron chi connectivity index (χ3n) is 6.14. The van der Waals surface area contributed by atoms with Gasteiger partial charge in [0.15, 0.2) is 11.5 Å². The van der Waals surface area contributed by atoms with E-state index >= 15 is 4.39 Å². The average molecular weight is 495 g/mol. The van der Waals surface area contributed by atoms with Crippen molar-refractivity contribution in [2.24, 2.45) is 0 Å². The maximum Gasteiger partial charge on any atom is 0.160 e. The lowest BCUT2D eigenvalue weighted by Gasteiger charge is -2.14. The van der Waals surface area contributed by atoms with Crippen molar-refractivity contribution >= 4 is 27.8 Å². The number of aromatic amines is 2. The molecular formula is C27H23FN8O. The van der Waals surface area contributed by atoms with Crippen molar-refractivity contribution in [2.45, 2.75) is 26.0 Å². The zero-order valence-electron chi connectivity index (χ0n) is 19.9. The van der Waals surface area contributed by atoms with E-state index in [9.17, 15) is 5.11 Å². The van der Waals surface area contributed by atoms with Gasteiger partial charge in [0.05, 0.1) is 23.1 Å². The van der Waals surface area contributed by atoms with Crippen LogP contribution >= 0.6 is 0 Å². The second-order valence-corrected chi connectivity index (χ2v) is 8.72. The summed E-state index contributed by atoms with van der Waals surface area (Å²) in [6.07, 6.45) is 7.35. The molecule has 0 amide bonds. The predicted molar refractivity (Wildman–Crippen MR) is 140 cm³/mol. The number of anilines is 1. The summed E-state index contributed by atoms with van der Waals surface area (Å²) >= 11 is 0. The lowest BCUT2D eigenvalue weighted by molar-refractivity contribution is 0.192. The lowest BCUT2D eigenvalue weighted by Crippen LogP contribution is -2.18. The van der Waals surface area contributed by atoms with E-state index in [1.54, 1.807) is 36.9 Å². The number of nitrogens with one attached hydrogen (secondary N) is 3.